The number of thioether (sulfide) groups is 1. The van der Waals surface area contributed by atoms with Crippen LogP contribution in [0, 0.1) is 5.92 Å². The summed E-state index contributed by atoms with van der Waals surface area (Å²) in [5, 5.41) is 3.13. The Hall–Kier alpha value is -1.08. The van der Waals surface area contributed by atoms with E-state index in [-0.39, 0.29) is 5.91 Å². The van der Waals surface area contributed by atoms with Crippen molar-refractivity contribution in [2.24, 2.45) is 5.92 Å². The molecule has 2 saturated heterocycles. The molecule has 0 aromatic heterocycles. The average molecular weight is 350 g/mol. The number of amides is 1. The molecule has 6 heteroatoms. The first-order valence-corrected chi connectivity index (χ1v) is 9.65. The van der Waals surface area contributed by atoms with Gasteiger partial charge in [0.15, 0.2) is 0 Å². The summed E-state index contributed by atoms with van der Waals surface area (Å²) in [5.74, 6) is 1.06. The van der Waals surface area contributed by atoms with E-state index in [1.165, 1.54) is 0 Å². The van der Waals surface area contributed by atoms with Crippen LogP contribution in [0.2, 0.25) is 0 Å². The van der Waals surface area contributed by atoms with Crippen molar-refractivity contribution in [2.45, 2.75) is 17.4 Å². The molecule has 132 valence electrons. The molecule has 2 unspecified atom stereocenters. The molecule has 2 aliphatic rings. The molecule has 3 rings (SSSR count). The molecule has 2 atom stereocenters. The molecule has 0 bridgehead atoms. The van der Waals surface area contributed by atoms with E-state index in [2.05, 4.69) is 10.2 Å². The van der Waals surface area contributed by atoms with Gasteiger partial charge >= 0.3 is 0 Å². The van der Waals surface area contributed by atoms with E-state index in [1.807, 2.05) is 30.3 Å². The molecule has 0 radical (unpaired) electrons. The summed E-state index contributed by atoms with van der Waals surface area (Å²) in [6, 6.07) is 10.4. The SMILES string of the molecule is O=C(CSc1ccccc1)NCC(C1CCOC1)N1CCOCC1. The van der Waals surface area contributed by atoms with Gasteiger partial charge in [-0.05, 0) is 18.6 Å². The van der Waals surface area contributed by atoms with Crippen molar-refractivity contribution in [3.63, 3.8) is 0 Å². The molecule has 1 amide bonds. The summed E-state index contributed by atoms with van der Waals surface area (Å²) >= 11 is 1.58. The summed E-state index contributed by atoms with van der Waals surface area (Å²) in [5.41, 5.74) is 0. The summed E-state index contributed by atoms with van der Waals surface area (Å²) in [7, 11) is 0. The van der Waals surface area contributed by atoms with Crippen LogP contribution in [0.3, 0.4) is 0 Å². The van der Waals surface area contributed by atoms with E-state index in [1.54, 1.807) is 11.8 Å². The lowest BCUT2D eigenvalue weighted by molar-refractivity contribution is -0.119. The number of rotatable bonds is 7. The number of nitrogens with zero attached hydrogens (tertiary/aromatic N) is 1. The van der Waals surface area contributed by atoms with Gasteiger partial charge in [0.25, 0.3) is 0 Å². The Balaban J connectivity index is 1.47. The number of benzene rings is 1. The Morgan fingerprint density at radius 2 is 2.00 bits per heavy atom. The van der Waals surface area contributed by atoms with E-state index in [0.717, 1.165) is 50.8 Å². The number of nitrogens with one attached hydrogen (secondary N) is 1. The molecule has 24 heavy (non-hydrogen) atoms. The van der Waals surface area contributed by atoms with Gasteiger partial charge in [-0.1, -0.05) is 18.2 Å². The van der Waals surface area contributed by atoms with Crippen LogP contribution < -0.4 is 5.32 Å². The Morgan fingerprint density at radius 1 is 1.21 bits per heavy atom. The average Bonchev–Trinajstić information content (AvgIpc) is 3.16. The molecule has 0 aliphatic carbocycles. The van der Waals surface area contributed by atoms with Crippen molar-refractivity contribution in [3.8, 4) is 0 Å². The van der Waals surface area contributed by atoms with Gasteiger partial charge in [-0.3, -0.25) is 9.69 Å². The van der Waals surface area contributed by atoms with Crippen LogP contribution in [0.1, 0.15) is 6.42 Å². The number of hydrogen-bond donors (Lipinski definition) is 1. The molecule has 1 aromatic carbocycles. The van der Waals surface area contributed by atoms with Gasteiger partial charge in [0, 0.05) is 43.1 Å². The number of hydrogen-bond acceptors (Lipinski definition) is 5. The van der Waals surface area contributed by atoms with Crippen LogP contribution in [0.5, 0.6) is 0 Å². The number of carbonyl (C=O) groups excluding carboxylic acids is 1. The van der Waals surface area contributed by atoms with Crippen molar-refractivity contribution >= 4 is 17.7 Å². The zero-order valence-corrected chi connectivity index (χ0v) is 14.8. The first-order chi connectivity index (χ1) is 11.8. The second kappa shape index (κ2) is 9.42. The van der Waals surface area contributed by atoms with E-state index in [0.29, 0.717) is 24.3 Å². The minimum Gasteiger partial charge on any atom is -0.381 e. The number of carbonyl (C=O) groups is 1. The molecule has 1 aromatic rings. The van der Waals surface area contributed by atoms with Gasteiger partial charge in [-0.15, -0.1) is 11.8 Å². The lowest BCUT2D eigenvalue weighted by atomic mass is 9.97. The third-order valence-electron chi connectivity index (χ3n) is 4.65. The molecular weight excluding hydrogens is 324 g/mol. The van der Waals surface area contributed by atoms with Crippen molar-refractivity contribution < 1.29 is 14.3 Å². The Kier molecular flexibility index (Phi) is 6.96. The van der Waals surface area contributed by atoms with Gasteiger partial charge < -0.3 is 14.8 Å². The zero-order chi connectivity index (χ0) is 16.6. The lowest BCUT2D eigenvalue weighted by Gasteiger charge is -2.37. The molecule has 2 heterocycles. The van der Waals surface area contributed by atoms with Gasteiger partial charge in [0.1, 0.15) is 0 Å². The summed E-state index contributed by atoms with van der Waals surface area (Å²) in [4.78, 5) is 15.8. The Morgan fingerprint density at radius 3 is 2.71 bits per heavy atom. The standard InChI is InChI=1S/C18H26N2O3S/c21-18(14-24-16-4-2-1-3-5-16)19-12-17(15-6-9-23-13-15)20-7-10-22-11-8-20/h1-5,15,17H,6-14H2,(H,19,21). The zero-order valence-electron chi connectivity index (χ0n) is 14.0. The molecule has 0 spiro atoms. The summed E-state index contributed by atoms with van der Waals surface area (Å²) in [6.45, 7) is 5.78. The molecule has 2 aliphatic heterocycles. The van der Waals surface area contributed by atoms with Crippen LogP contribution in [-0.2, 0) is 14.3 Å². The van der Waals surface area contributed by atoms with Crippen LogP contribution in [-0.4, -0.2) is 68.7 Å². The third-order valence-corrected chi connectivity index (χ3v) is 5.66. The van der Waals surface area contributed by atoms with E-state index in [4.69, 9.17) is 9.47 Å². The Labute approximate surface area is 148 Å². The van der Waals surface area contributed by atoms with Crippen LogP contribution in [0.15, 0.2) is 35.2 Å². The van der Waals surface area contributed by atoms with E-state index in [9.17, 15) is 4.79 Å². The highest BCUT2D eigenvalue weighted by Crippen LogP contribution is 2.22. The molecular formula is C18H26N2O3S. The maximum atomic E-state index is 12.2. The van der Waals surface area contributed by atoms with Crippen molar-refractivity contribution in [2.75, 3.05) is 51.8 Å². The van der Waals surface area contributed by atoms with Crippen molar-refractivity contribution in [3.05, 3.63) is 30.3 Å². The molecule has 2 fully saturated rings. The van der Waals surface area contributed by atoms with Crippen molar-refractivity contribution in [1.29, 1.82) is 0 Å². The number of morpholine rings is 1. The predicted molar refractivity (Wildman–Crippen MR) is 95.3 cm³/mol. The maximum absolute atomic E-state index is 12.2. The summed E-state index contributed by atoms with van der Waals surface area (Å²) < 4.78 is 11.0. The van der Waals surface area contributed by atoms with Gasteiger partial charge in [0.05, 0.1) is 25.6 Å². The number of ether oxygens (including phenoxy) is 2. The predicted octanol–water partition coefficient (Wildman–Crippen LogP) is 1.63. The fraction of sp³-hybridized carbons (Fsp3) is 0.611. The largest absolute Gasteiger partial charge is 0.381 e. The quantitative estimate of drug-likeness (QED) is 0.758. The Bertz CT molecular complexity index is 502. The molecule has 1 N–H and O–H groups in total. The van der Waals surface area contributed by atoms with Crippen LogP contribution in [0.25, 0.3) is 0 Å². The fourth-order valence-electron chi connectivity index (χ4n) is 3.29. The highest BCUT2D eigenvalue weighted by Gasteiger charge is 2.31. The lowest BCUT2D eigenvalue weighted by Crippen LogP contribution is -2.52. The topological polar surface area (TPSA) is 50.8 Å². The van der Waals surface area contributed by atoms with Crippen LogP contribution >= 0.6 is 11.8 Å². The minimum atomic E-state index is 0.0982. The van der Waals surface area contributed by atoms with Crippen LogP contribution in [0.4, 0.5) is 0 Å². The molecule has 5 nitrogen and oxygen atoms in total. The third kappa shape index (κ3) is 5.21. The van der Waals surface area contributed by atoms with E-state index < -0.39 is 0 Å². The monoisotopic (exact) mass is 350 g/mol. The van der Waals surface area contributed by atoms with Gasteiger partial charge in [-0.2, -0.15) is 0 Å². The van der Waals surface area contributed by atoms with Gasteiger partial charge in [-0.25, -0.2) is 0 Å². The van der Waals surface area contributed by atoms with E-state index >= 15 is 0 Å². The first-order valence-electron chi connectivity index (χ1n) is 8.67. The minimum absolute atomic E-state index is 0.0982. The molecule has 0 saturated carbocycles. The second-order valence-electron chi connectivity index (χ2n) is 6.25. The fourth-order valence-corrected chi connectivity index (χ4v) is 4.04. The summed E-state index contributed by atoms with van der Waals surface area (Å²) in [6.07, 6.45) is 1.08. The highest BCUT2D eigenvalue weighted by molar-refractivity contribution is 8.00. The highest BCUT2D eigenvalue weighted by atomic mass is 32.2. The maximum Gasteiger partial charge on any atom is 0.230 e. The normalized spacial score (nSPS) is 23.1. The second-order valence-corrected chi connectivity index (χ2v) is 7.29. The first kappa shape index (κ1) is 17.7. The smallest absolute Gasteiger partial charge is 0.230 e. The van der Waals surface area contributed by atoms with Gasteiger partial charge in [0.2, 0.25) is 5.91 Å². The van der Waals surface area contributed by atoms with Crippen molar-refractivity contribution in [1.82, 2.24) is 10.2 Å².